The molecule has 0 atom stereocenters. The molecule has 148 valence electrons. The summed E-state index contributed by atoms with van der Waals surface area (Å²) in [6.45, 7) is 1.50. The Morgan fingerprint density at radius 2 is 1.93 bits per heavy atom. The summed E-state index contributed by atoms with van der Waals surface area (Å²) in [7, 11) is -3.96. The summed E-state index contributed by atoms with van der Waals surface area (Å²) < 4.78 is 74.8. The number of halogens is 4. The number of aryl methyl sites for hydroxylation is 1. The number of hydrogen-bond donors (Lipinski definition) is 1. The normalized spacial score (nSPS) is 12.0. The van der Waals surface area contributed by atoms with Gasteiger partial charge in [-0.2, -0.15) is 17.5 Å². The lowest BCUT2D eigenvalue weighted by Crippen LogP contribution is -2.12. The van der Waals surface area contributed by atoms with Crippen molar-refractivity contribution in [2.45, 2.75) is 18.0 Å². The zero-order chi connectivity index (χ0) is 20.5. The number of alkyl halides is 3. The fraction of sp³-hybridized carbons (Fsp3) is 0.125. The van der Waals surface area contributed by atoms with Gasteiger partial charge in [0.25, 0.3) is 10.0 Å². The van der Waals surface area contributed by atoms with Gasteiger partial charge in [0.1, 0.15) is 17.8 Å². The Hall–Kier alpha value is -2.37. The van der Waals surface area contributed by atoms with Crippen LogP contribution in [0.2, 0.25) is 5.02 Å². The highest BCUT2D eigenvalue weighted by Crippen LogP contribution is 2.36. The first-order chi connectivity index (χ1) is 13.0. The van der Waals surface area contributed by atoms with Crippen LogP contribution in [0.15, 0.2) is 47.6 Å². The average molecular weight is 450 g/mol. The monoisotopic (exact) mass is 449 g/mol. The summed E-state index contributed by atoms with van der Waals surface area (Å²) >= 11 is 6.93. The lowest BCUT2D eigenvalue weighted by Gasteiger charge is -2.13. The number of anilines is 1. The van der Waals surface area contributed by atoms with E-state index in [2.05, 4.69) is 14.1 Å². The highest BCUT2D eigenvalue weighted by Gasteiger charge is 2.31. The molecule has 0 bridgehead atoms. The van der Waals surface area contributed by atoms with Crippen LogP contribution in [0.4, 0.5) is 18.3 Å². The van der Waals surface area contributed by atoms with E-state index in [1.165, 1.54) is 31.5 Å². The molecule has 1 aromatic heterocycles. The van der Waals surface area contributed by atoms with Crippen LogP contribution in [-0.2, 0) is 16.2 Å². The molecule has 0 fully saturated rings. The van der Waals surface area contributed by atoms with Crippen LogP contribution in [0.5, 0.6) is 11.5 Å². The molecule has 0 saturated carbocycles. The van der Waals surface area contributed by atoms with Gasteiger partial charge in [0, 0.05) is 11.5 Å². The summed E-state index contributed by atoms with van der Waals surface area (Å²) in [5, 5.41) is -0.00825. The highest BCUT2D eigenvalue weighted by molar-refractivity contribution is 7.93. The lowest BCUT2D eigenvalue weighted by molar-refractivity contribution is -0.137. The van der Waals surface area contributed by atoms with Crippen LogP contribution in [-0.4, -0.2) is 17.8 Å². The van der Waals surface area contributed by atoms with Gasteiger partial charge < -0.3 is 4.74 Å². The molecule has 3 aromatic rings. The Bertz CT molecular complexity index is 1100. The predicted molar refractivity (Wildman–Crippen MR) is 98.4 cm³/mol. The highest BCUT2D eigenvalue weighted by atomic mass is 35.5. The van der Waals surface area contributed by atoms with Gasteiger partial charge in [0.2, 0.25) is 5.13 Å². The third-order valence-corrected chi connectivity index (χ3v) is 5.74. The van der Waals surface area contributed by atoms with Crippen LogP contribution in [0.1, 0.15) is 11.1 Å². The molecule has 3 rings (SSSR count). The van der Waals surface area contributed by atoms with Crippen molar-refractivity contribution < 1.29 is 26.3 Å². The lowest BCUT2D eigenvalue weighted by atomic mass is 10.1. The molecule has 1 heterocycles. The molecule has 0 aliphatic carbocycles. The van der Waals surface area contributed by atoms with E-state index in [-0.39, 0.29) is 26.5 Å². The molecule has 28 heavy (non-hydrogen) atoms. The molecule has 2 aromatic carbocycles. The van der Waals surface area contributed by atoms with Gasteiger partial charge in [-0.15, -0.1) is 0 Å². The standard InChI is InChI=1S/C16H11ClF3N3O3S2/c1-9-4-10(16(18,19)20)6-11(5-9)26-14-3-2-12(7-13(14)17)28(24,25)23-15-21-8-22-27-15/h2-8H,1H3,(H,21,22,23). The first-order valence-corrected chi connectivity index (χ1v) is 10.1. The number of nitrogens with zero attached hydrogens (tertiary/aromatic N) is 2. The van der Waals surface area contributed by atoms with Gasteiger partial charge in [-0.05, 0) is 48.9 Å². The number of aromatic nitrogens is 2. The maximum Gasteiger partial charge on any atom is 0.416 e. The average Bonchev–Trinajstić information content (AvgIpc) is 3.07. The van der Waals surface area contributed by atoms with Crippen LogP contribution < -0.4 is 9.46 Å². The van der Waals surface area contributed by atoms with E-state index >= 15 is 0 Å². The molecular weight excluding hydrogens is 439 g/mol. The van der Waals surface area contributed by atoms with Crippen molar-refractivity contribution >= 4 is 38.3 Å². The van der Waals surface area contributed by atoms with Gasteiger partial charge in [0.05, 0.1) is 15.5 Å². The van der Waals surface area contributed by atoms with Gasteiger partial charge in [-0.25, -0.2) is 13.4 Å². The molecular formula is C16H11ClF3N3O3S2. The van der Waals surface area contributed by atoms with E-state index in [4.69, 9.17) is 16.3 Å². The summed E-state index contributed by atoms with van der Waals surface area (Å²) in [6, 6.07) is 6.83. The summed E-state index contributed by atoms with van der Waals surface area (Å²) in [6.07, 6.45) is -3.33. The van der Waals surface area contributed by atoms with Gasteiger partial charge in [-0.3, -0.25) is 4.72 Å². The third kappa shape index (κ3) is 4.72. The largest absolute Gasteiger partial charge is 0.456 e. The van der Waals surface area contributed by atoms with E-state index in [9.17, 15) is 21.6 Å². The molecule has 1 N–H and O–H groups in total. The van der Waals surface area contributed by atoms with Gasteiger partial charge in [0.15, 0.2) is 0 Å². The first-order valence-electron chi connectivity index (χ1n) is 7.50. The number of sulfonamides is 1. The van der Waals surface area contributed by atoms with Gasteiger partial charge in [-0.1, -0.05) is 11.6 Å². The maximum atomic E-state index is 12.9. The van der Waals surface area contributed by atoms with E-state index in [0.717, 1.165) is 29.7 Å². The Labute approximate surface area is 167 Å². The molecule has 6 nitrogen and oxygen atoms in total. The van der Waals surface area contributed by atoms with Crippen molar-refractivity contribution in [2.24, 2.45) is 0 Å². The van der Waals surface area contributed by atoms with Crippen molar-refractivity contribution in [3.63, 3.8) is 0 Å². The third-order valence-electron chi connectivity index (χ3n) is 3.40. The molecule has 0 amide bonds. The number of nitrogens with one attached hydrogen (secondary N) is 1. The molecule has 12 heteroatoms. The Balaban J connectivity index is 1.87. The number of benzene rings is 2. The Kier molecular flexibility index (Phi) is 5.50. The van der Waals surface area contributed by atoms with Crippen LogP contribution in [0, 0.1) is 6.92 Å². The van der Waals surface area contributed by atoms with Crippen molar-refractivity contribution in [3.05, 3.63) is 58.9 Å². The molecule has 0 saturated heterocycles. The Morgan fingerprint density at radius 1 is 1.18 bits per heavy atom. The smallest absolute Gasteiger partial charge is 0.416 e. The topological polar surface area (TPSA) is 81.2 Å². The first kappa shape index (κ1) is 20.4. The molecule has 0 spiro atoms. The van der Waals surface area contributed by atoms with Crippen molar-refractivity contribution in [3.8, 4) is 11.5 Å². The van der Waals surface area contributed by atoms with E-state index < -0.39 is 21.8 Å². The van der Waals surface area contributed by atoms with Gasteiger partial charge >= 0.3 is 6.18 Å². The number of ether oxygens (including phenoxy) is 1. The summed E-state index contributed by atoms with van der Waals surface area (Å²) in [4.78, 5) is 3.56. The SMILES string of the molecule is Cc1cc(Oc2ccc(S(=O)(=O)Nc3ncns3)cc2Cl)cc(C(F)(F)F)c1. The fourth-order valence-electron chi connectivity index (χ4n) is 2.22. The van der Waals surface area contributed by atoms with Crippen LogP contribution >= 0.6 is 23.1 Å². The second kappa shape index (κ2) is 7.57. The maximum absolute atomic E-state index is 12.9. The van der Waals surface area contributed by atoms with E-state index in [1.807, 2.05) is 0 Å². The molecule has 0 aliphatic heterocycles. The van der Waals surface area contributed by atoms with E-state index in [0.29, 0.717) is 5.56 Å². The fourth-order valence-corrected chi connectivity index (χ4v) is 4.19. The second-order valence-corrected chi connectivity index (χ2v) is 8.45. The quantitative estimate of drug-likeness (QED) is 0.585. The predicted octanol–water partition coefficient (Wildman–Crippen LogP) is 5.11. The molecule has 0 radical (unpaired) electrons. The summed E-state index contributed by atoms with van der Waals surface area (Å²) in [5.41, 5.74) is -0.513. The Morgan fingerprint density at radius 3 is 2.54 bits per heavy atom. The van der Waals surface area contributed by atoms with Crippen molar-refractivity contribution in [1.82, 2.24) is 9.36 Å². The number of hydrogen-bond acceptors (Lipinski definition) is 6. The van der Waals surface area contributed by atoms with Crippen LogP contribution in [0.3, 0.4) is 0 Å². The minimum Gasteiger partial charge on any atom is -0.456 e. The van der Waals surface area contributed by atoms with Crippen molar-refractivity contribution in [2.75, 3.05) is 4.72 Å². The second-order valence-electron chi connectivity index (χ2n) is 5.58. The zero-order valence-electron chi connectivity index (χ0n) is 14.0. The zero-order valence-corrected chi connectivity index (χ0v) is 16.4. The molecule has 0 unspecified atom stereocenters. The van der Waals surface area contributed by atoms with E-state index in [1.54, 1.807) is 0 Å². The minimum absolute atomic E-state index is 0.00950. The minimum atomic E-state index is -4.53. The van der Waals surface area contributed by atoms with Crippen molar-refractivity contribution in [1.29, 1.82) is 0 Å². The molecule has 0 aliphatic rings. The summed E-state index contributed by atoms with van der Waals surface area (Å²) in [5.74, 6) is -0.0629. The van der Waals surface area contributed by atoms with Crippen LogP contribution in [0.25, 0.3) is 0 Å². The number of rotatable bonds is 5.